The predicted molar refractivity (Wildman–Crippen MR) is 98.3 cm³/mol. The first-order chi connectivity index (χ1) is 12.9. The Labute approximate surface area is 158 Å². The van der Waals surface area contributed by atoms with Gasteiger partial charge in [-0.25, -0.2) is 9.18 Å². The molecule has 2 saturated heterocycles. The summed E-state index contributed by atoms with van der Waals surface area (Å²) >= 11 is 1.45. The van der Waals surface area contributed by atoms with E-state index in [4.69, 9.17) is 5.11 Å². The van der Waals surface area contributed by atoms with E-state index in [9.17, 15) is 18.8 Å². The highest BCUT2D eigenvalue weighted by Crippen LogP contribution is 2.31. The van der Waals surface area contributed by atoms with Gasteiger partial charge in [0.05, 0.1) is 18.0 Å². The molecule has 0 bridgehead atoms. The number of para-hydroxylation sites is 1. The molecule has 0 aliphatic carbocycles. The Kier molecular flexibility index (Phi) is 4.33. The highest BCUT2D eigenvalue weighted by Gasteiger charge is 2.49. The van der Waals surface area contributed by atoms with E-state index in [2.05, 4.69) is 4.98 Å². The van der Waals surface area contributed by atoms with E-state index >= 15 is 0 Å². The molecule has 2 unspecified atom stereocenters. The fourth-order valence-electron chi connectivity index (χ4n) is 3.60. The summed E-state index contributed by atoms with van der Waals surface area (Å²) in [5, 5.41) is 9.80. The zero-order valence-corrected chi connectivity index (χ0v) is 15.2. The van der Waals surface area contributed by atoms with Crippen molar-refractivity contribution in [3.05, 3.63) is 36.0 Å². The Hall–Kier alpha value is -2.55. The molecule has 142 valence electrons. The van der Waals surface area contributed by atoms with Crippen LogP contribution in [0.5, 0.6) is 0 Å². The van der Waals surface area contributed by atoms with Gasteiger partial charge in [0.15, 0.2) is 0 Å². The number of halogens is 1. The SMILES string of the molecule is O=C(C1CSCN1C(=O)c1c[nH]c2ccccc12)N1CCC(F)(C(=O)O)C1. The van der Waals surface area contributed by atoms with Crippen molar-refractivity contribution in [2.45, 2.75) is 18.1 Å². The molecule has 2 aliphatic heterocycles. The molecule has 1 aromatic heterocycles. The minimum Gasteiger partial charge on any atom is -0.479 e. The number of alkyl halides is 1. The Morgan fingerprint density at radius 3 is 2.81 bits per heavy atom. The molecule has 0 spiro atoms. The van der Waals surface area contributed by atoms with Crippen LogP contribution in [0, 0.1) is 0 Å². The van der Waals surface area contributed by atoms with Crippen LogP contribution in [0.1, 0.15) is 16.8 Å². The van der Waals surface area contributed by atoms with Gasteiger partial charge in [0.1, 0.15) is 6.04 Å². The zero-order valence-electron chi connectivity index (χ0n) is 14.4. The first-order valence-electron chi connectivity index (χ1n) is 8.57. The molecule has 1 aromatic carbocycles. The lowest BCUT2D eigenvalue weighted by atomic mass is 10.1. The number of carboxylic acid groups (broad SMARTS) is 1. The average Bonchev–Trinajstić information content (AvgIpc) is 3.39. The number of nitrogens with one attached hydrogen (secondary N) is 1. The van der Waals surface area contributed by atoms with Gasteiger partial charge >= 0.3 is 5.97 Å². The third-order valence-corrected chi connectivity index (χ3v) is 6.17. The maximum atomic E-state index is 14.3. The number of aromatic nitrogens is 1. The number of hydrogen-bond acceptors (Lipinski definition) is 4. The van der Waals surface area contributed by atoms with Crippen LogP contribution in [0.2, 0.25) is 0 Å². The second-order valence-corrected chi connectivity index (χ2v) is 7.82. The van der Waals surface area contributed by atoms with Crippen molar-refractivity contribution < 1.29 is 23.9 Å². The van der Waals surface area contributed by atoms with E-state index in [1.165, 1.54) is 21.6 Å². The highest BCUT2D eigenvalue weighted by molar-refractivity contribution is 7.99. The van der Waals surface area contributed by atoms with Gasteiger partial charge < -0.3 is 19.9 Å². The summed E-state index contributed by atoms with van der Waals surface area (Å²) in [7, 11) is 0. The summed E-state index contributed by atoms with van der Waals surface area (Å²) in [6.45, 7) is -0.435. The number of likely N-dealkylation sites (tertiary alicyclic amines) is 1. The van der Waals surface area contributed by atoms with Gasteiger partial charge in [-0.15, -0.1) is 11.8 Å². The largest absolute Gasteiger partial charge is 0.479 e. The number of hydrogen-bond donors (Lipinski definition) is 2. The lowest BCUT2D eigenvalue weighted by molar-refractivity contribution is -0.150. The van der Waals surface area contributed by atoms with E-state index in [0.717, 1.165) is 10.9 Å². The summed E-state index contributed by atoms with van der Waals surface area (Å²) in [4.78, 5) is 42.7. The first-order valence-corrected chi connectivity index (χ1v) is 9.72. The van der Waals surface area contributed by atoms with Crippen molar-refractivity contribution in [2.24, 2.45) is 0 Å². The van der Waals surface area contributed by atoms with Gasteiger partial charge in [0.25, 0.3) is 5.91 Å². The molecule has 3 heterocycles. The number of benzene rings is 1. The number of amides is 2. The summed E-state index contributed by atoms with van der Waals surface area (Å²) in [6.07, 6.45) is 1.40. The number of fused-ring (bicyclic) bond motifs is 1. The molecule has 2 aliphatic rings. The van der Waals surface area contributed by atoms with Crippen LogP contribution in [-0.2, 0) is 9.59 Å². The number of aliphatic carboxylic acids is 1. The third-order valence-electron chi connectivity index (χ3n) is 5.16. The lowest BCUT2D eigenvalue weighted by Crippen LogP contribution is -2.49. The van der Waals surface area contributed by atoms with Crippen LogP contribution in [0.25, 0.3) is 10.9 Å². The molecule has 2 amide bonds. The number of carbonyl (C=O) groups is 3. The summed E-state index contributed by atoms with van der Waals surface area (Å²) in [6, 6.07) is 6.69. The van der Waals surface area contributed by atoms with Crippen molar-refractivity contribution in [2.75, 3.05) is 24.7 Å². The number of H-pyrrole nitrogens is 1. The van der Waals surface area contributed by atoms with Crippen molar-refractivity contribution in [1.82, 2.24) is 14.8 Å². The van der Waals surface area contributed by atoms with Crippen LogP contribution >= 0.6 is 11.8 Å². The van der Waals surface area contributed by atoms with Gasteiger partial charge in [0.2, 0.25) is 11.6 Å². The molecule has 2 aromatic rings. The second kappa shape index (κ2) is 6.56. The number of aromatic amines is 1. The molecule has 7 nitrogen and oxygen atoms in total. The average molecular weight is 391 g/mol. The molecular weight excluding hydrogens is 373 g/mol. The smallest absolute Gasteiger partial charge is 0.343 e. The lowest BCUT2D eigenvalue weighted by Gasteiger charge is -2.27. The molecule has 9 heteroatoms. The van der Waals surface area contributed by atoms with Crippen molar-refractivity contribution in [1.29, 1.82) is 0 Å². The molecule has 4 rings (SSSR count). The third kappa shape index (κ3) is 2.95. The van der Waals surface area contributed by atoms with Gasteiger partial charge in [-0.3, -0.25) is 9.59 Å². The Morgan fingerprint density at radius 2 is 2.07 bits per heavy atom. The van der Waals surface area contributed by atoms with Gasteiger partial charge in [0, 0.05) is 35.8 Å². The number of carboxylic acids is 1. The van der Waals surface area contributed by atoms with E-state index in [1.807, 2.05) is 24.3 Å². The van der Waals surface area contributed by atoms with Gasteiger partial charge in [-0.2, -0.15) is 0 Å². The topological polar surface area (TPSA) is 93.7 Å². The maximum absolute atomic E-state index is 14.3. The molecule has 0 saturated carbocycles. The van der Waals surface area contributed by atoms with Crippen LogP contribution < -0.4 is 0 Å². The normalized spacial score (nSPS) is 25.3. The fraction of sp³-hybridized carbons (Fsp3) is 0.389. The molecular formula is C18H18FN3O4S. The summed E-state index contributed by atoms with van der Waals surface area (Å²) in [5.74, 6) is -1.43. The van der Waals surface area contributed by atoms with E-state index in [0.29, 0.717) is 17.2 Å². The van der Waals surface area contributed by atoms with E-state index in [-0.39, 0.29) is 18.9 Å². The fourth-order valence-corrected chi connectivity index (χ4v) is 4.74. The molecule has 2 N–H and O–H groups in total. The molecule has 27 heavy (non-hydrogen) atoms. The zero-order chi connectivity index (χ0) is 19.2. The minimum atomic E-state index is -2.41. The highest BCUT2D eigenvalue weighted by atomic mass is 32.2. The Bertz CT molecular complexity index is 932. The second-order valence-electron chi connectivity index (χ2n) is 6.82. The van der Waals surface area contributed by atoms with Crippen LogP contribution in [0.3, 0.4) is 0 Å². The van der Waals surface area contributed by atoms with E-state index < -0.39 is 30.1 Å². The van der Waals surface area contributed by atoms with E-state index in [1.54, 1.807) is 6.20 Å². The monoisotopic (exact) mass is 391 g/mol. The standard InChI is InChI=1S/C18H18FN3O4S/c19-18(17(25)26)5-6-21(9-18)16(24)14-8-27-10-22(14)15(23)12-7-20-13-4-2-1-3-11(12)13/h1-4,7,14,20H,5-6,8-10H2,(H,25,26). The van der Waals surface area contributed by atoms with Crippen molar-refractivity contribution >= 4 is 40.4 Å². The predicted octanol–water partition coefficient (Wildman–Crippen LogP) is 1.71. The summed E-state index contributed by atoms with van der Waals surface area (Å²) in [5.41, 5.74) is -1.09. The van der Waals surface area contributed by atoms with Crippen molar-refractivity contribution in [3.8, 4) is 0 Å². The minimum absolute atomic E-state index is 0.0396. The summed E-state index contributed by atoms with van der Waals surface area (Å²) < 4.78 is 14.3. The van der Waals surface area contributed by atoms with Gasteiger partial charge in [-0.1, -0.05) is 18.2 Å². The Morgan fingerprint density at radius 1 is 1.30 bits per heavy atom. The van der Waals surface area contributed by atoms with Gasteiger partial charge in [-0.05, 0) is 6.07 Å². The maximum Gasteiger partial charge on any atom is 0.343 e. The van der Waals surface area contributed by atoms with Crippen LogP contribution in [-0.4, -0.2) is 74.1 Å². The number of rotatable bonds is 3. The number of thioether (sulfide) groups is 1. The number of carbonyl (C=O) groups excluding carboxylic acids is 2. The van der Waals surface area contributed by atoms with Crippen LogP contribution in [0.15, 0.2) is 30.5 Å². The number of nitrogens with zero attached hydrogens (tertiary/aromatic N) is 2. The molecule has 2 atom stereocenters. The molecule has 0 radical (unpaired) electrons. The van der Waals surface area contributed by atoms with Crippen molar-refractivity contribution in [3.63, 3.8) is 0 Å². The first kappa shape index (κ1) is 17.8. The quantitative estimate of drug-likeness (QED) is 0.831. The molecule has 2 fully saturated rings. The van der Waals surface area contributed by atoms with Crippen LogP contribution in [0.4, 0.5) is 4.39 Å². The Balaban J connectivity index is 1.55.